The zero-order chi connectivity index (χ0) is 14.6. The van der Waals surface area contributed by atoms with Crippen molar-refractivity contribution in [2.24, 2.45) is 0 Å². The molecule has 0 saturated carbocycles. The predicted molar refractivity (Wildman–Crippen MR) is 66.7 cm³/mol. The molecule has 6 nitrogen and oxygen atoms in total. The molecule has 0 spiro atoms. The van der Waals surface area contributed by atoms with E-state index < -0.39 is 22.5 Å². The van der Waals surface area contributed by atoms with E-state index in [0.717, 1.165) is 0 Å². The molecule has 0 saturated heterocycles. The highest BCUT2D eigenvalue weighted by atomic mass is 16.6. The Morgan fingerprint density at radius 1 is 1.53 bits per heavy atom. The van der Waals surface area contributed by atoms with Crippen LogP contribution in [0.5, 0.6) is 0 Å². The number of carbonyl (C=O) groups excluding carboxylic acids is 1. The third-order valence-electron chi connectivity index (χ3n) is 2.71. The summed E-state index contributed by atoms with van der Waals surface area (Å²) in [6, 6.07) is 8.20. The van der Waals surface area contributed by atoms with Gasteiger partial charge in [0.05, 0.1) is 11.6 Å². The van der Waals surface area contributed by atoms with E-state index in [1.165, 1.54) is 26.8 Å². The molecular weight excluding hydrogens is 248 g/mol. The summed E-state index contributed by atoms with van der Waals surface area (Å²) in [6.07, 6.45) is -1.05. The maximum Gasteiger partial charge on any atom is 0.303 e. The predicted octanol–water partition coefficient (Wildman–Crippen LogP) is 2.22. The minimum absolute atomic E-state index is 0.355. The number of carbonyl (C=O) groups is 1. The highest BCUT2D eigenvalue weighted by molar-refractivity contribution is 5.66. The summed E-state index contributed by atoms with van der Waals surface area (Å²) < 4.78 is 5.07. The van der Waals surface area contributed by atoms with Crippen LogP contribution in [0.2, 0.25) is 0 Å². The highest BCUT2D eigenvalue weighted by Crippen LogP contribution is 2.32. The average molecular weight is 262 g/mol. The number of nitro groups is 1. The third-order valence-corrected chi connectivity index (χ3v) is 2.71. The SMILES string of the molecule is CC(=O)O[C@H](c1cccc(C#N)c1)C(C)(C)[N+](=O)[O-]. The van der Waals surface area contributed by atoms with Gasteiger partial charge in [0.25, 0.3) is 5.54 Å². The molecule has 1 rings (SSSR count). The Morgan fingerprint density at radius 3 is 2.63 bits per heavy atom. The lowest BCUT2D eigenvalue weighted by Crippen LogP contribution is -2.40. The molecule has 0 aliphatic heterocycles. The third kappa shape index (κ3) is 3.28. The van der Waals surface area contributed by atoms with E-state index in [4.69, 9.17) is 10.00 Å². The normalized spacial score (nSPS) is 12.3. The molecule has 1 aromatic carbocycles. The summed E-state index contributed by atoms with van der Waals surface area (Å²) in [7, 11) is 0. The largest absolute Gasteiger partial charge is 0.450 e. The van der Waals surface area contributed by atoms with Crippen LogP contribution in [-0.4, -0.2) is 16.4 Å². The lowest BCUT2D eigenvalue weighted by atomic mass is 9.91. The van der Waals surface area contributed by atoms with E-state index in [2.05, 4.69) is 0 Å². The van der Waals surface area contributed by atoms with E-state index in [9.17, 15) is 14.9 Å². The van der Waals surface area contributed by atoms with Gasteiger partial charge in [0.1, 0.15) is 0 Å². The smallest absolute Gasteiger partial charge is 0.303 e. The monoisotopic (exact) mass is 262 g/mol. The zero-order valence-corrected chi connectivity index (χ0v) is 10.9. The summed E-state index contributed by atoms with van der Waals surface area (Å²) in [5.74, 6) is -0.609. The zero-order valence-electron chi connectivity index (χ0n) is 10.9. The Hall–Kier alpha value is -2.42. The van der Waals surface area contributed by atoms with Crippen molar-refractivity contribution in [3.8, 4) is 6.07 Å². The van der Waals surface area contributed by atoms with Gasteiger partial charge >= 0.3 is 5.97 Å². The molecule has 1 aromatic rings. The van der Waals surface area contributed by atoms with Gasteiger partial charge in [0.2, 0.25) is 0 Å². The van der Waals surface area contributed by atoms with Crippen molar-refractivity contribution in [3.05, 3.63) is 45.5 Å². The second-order valence-corrected chi connectivity index (χ2v) is 4.64. The number of nitrogens with zero attached hydrogens (tertiary/aromatic N) is 2. The van der Waals surface area contributed by atoms with Gasteiger partial charge in [-0.25, -0.2) is 0 Å². The van der Waals surface area contributed by atoms with Crippen LogP contribution >= 0.6 is 0 Å². The summed E-state index contributed by atoms with van der Waals surface area (Å²) >= 11 is 0. The van der Waals surface area contributed by atoms with Crippen molar-refractivity contribution < 1.29 is 14.5 Å². The van der Waals surface area contributed by atoms with Gasteiger partial charge in [-0.05, 0) is 12.1 Å². The Bertz CT molecular complexity index is 546. The Morgan fingerprint density at radius 2 is 2.16 bits per heavy atom. The van der Waals surface area contributed by atoms with E-state index in [1.54, 1.807) is 18.2 Å². The fourth-order valence-corrected chi connectivity index (χ4v) is 1.65. The lowest BCUT2D eigenvalue weighted by molar-refractivity contribution is -0.574. The van der Waals surface area contributed by atoms with Crippen molar-refractivity contribution in [1.29, 1.82) is 5.26 Å². The average Bonchev–Trinajstić information content (AvgIpc) is 2.35. The number of esters is 1. The highest BCUT2D eigenvalue weighted by Gasteiger charge is 2.44. The minimum atomic E-state index is -1.49. The second-order valence-electron chi connectivity index (χ2n) is 4.64. The van der Waals surface area contributed by atoms with Crippen LogP contribution in [0.25, 0.3) is 0 Å². The molecule has 100 valence electrons. The van der Waals surface area contributed by atoms with Crippen LogP contribution in [-0.2, 0) is 9.53 Å². The fraction of sp³-hybridized carbons (Fsp3) is 0.385. The van der Waals surface area contributed by atoms with Crippen LogP contribution in [0.1, 0.15) is 38.0 Å². The topological polar surface area (TPSA) is 93.2 Å². The molecule has 0 bridgehead atoms. The number of hydrogen-bond donors (Lipinski definition) is 0. The van der Waals surface area contributed by atoms with Crippen LogP contribution < -0.4 is 0 Å². The van der Waals surface area contributed by atoms with Crippen molar-refractivity contribution in [1.82, 2.24) is 0 Å². The first-order valence-electron chi connectivity index (χ1n) is 5.61. The first-order chi connectivity index (χ1) is 8.78. The molecule has 0 amide bonds. The van der Waals surface area contributed by atoms with E-state index >= 15 is 0 Å². The molecule has 0 heterocycles. The van der Waals surface area contributed by atoms with Gasteiger partial charge in [-0.3, -0.25) is 14.9 Å². The number of rotatable bonds is 4. The Kier molecular flexibility index (Phi) is 4.22. The van der Waals surface area contributed by atoms with Gasteiger partial charge in [-0.15, -0.1) is 0 Å². The quantitative estimate of drug-likeness (QED) is 0.471. The summed E-state index contributed by atoms with van der Waals surface area (Å²) in [5.41, 5.74) is -0.704. The molecule has 0 aliphatic rings. The fourth-order valence-electron chi connectivity index (χ4n) is 1.65. The first-order valence-corrected chi connectivity index (χ1v) is 5.61. The van der Waals surface area contributed by atoms with Crippen molar-refractivity contribution in [3.63, 3.8) is 0 Å². The molecule has 19 heavy (non-hydrogen) atoms. The van der Waals surface area contributed by atoms with Crippen LogP contribution in [0.4, 0.5) is 0 Å². The van der Waals surface area contributed by atoms with Crippen LogP contribution in [0.3, 0.4) is 0 Å². The Labute approximate surface area is 110 Å². The van der Waals surface area contributed by atoms with Crippen LogP contribution in [0.15, 0.2) is 24.3 Å². The molecule has 0 aliphatic carbocycles. The maximum atomic E-state index is 11.1. The van der Waals surface area contributed by atoms with Crippen molar-refractivity contribution in [2.75, 3.05) is 0 Å². The van der Waals surface area contributed by atoms with Crippen molar-refractivity contribution in [2.45, 2.75) is 32.4 Å². The number of hydrogen-bond acceptors (Lipinski definition) is 5. The molecular formula is C13H14N2O4. The lowest BCUT2D eigenvalue weighted by Gasteiger charge is -2.26. The van der Waals surface area contributed by atoms with E-state index in [0.29, 0.717) is 11.1 Å². The van der Waals surface area contributed by atoms with E-state index in [-0.39, 0.29) is 0 Å². The minimum Gasteiger partial charge on any atom is -0.450 e. The van der Waals surface area contributed by atoms with E-state index in [1.807, 2.05) is 6.07 Å². The van der Waals surface area contributed by atoms with Gasteiger partial charge in [-0.1, -0.05) is 12.1 Å². The Balaban J connectivity index is 3.28. The number of benzene rings is 1. The molecule has 0 radical (unpaired) electrons. The van der Waals surface area contributed by atoms with Gasteiger partial charge in [-0.2, -0.15) is 5.26 Å². The molecule has 0 N–H and O–H groups in total. The molecule has 6 heteroatoms. The van der Waals surface area contributed by atoms with Crippen molar-refractivity contribution >= 4 is 5.97 Å². The van der Waals surface area contributed by atoms with Crippen LogP contribution in [0, 0.1) is 21.4 Å². The summed E-state index contributed by atoms with van der Waals surface area (Å²) in [4.78, 5) is 21.8. The maximum absolute atomic E-state index is 11.1. The summed E-state index contributed by atoms with van der Waals surface area (Å²) in [6.45, 7) is 3.94. The number of nitriles is 1. The molecule has 0 aromatic heterocycles. The van der Waals surface area contributed by atoms with Gasteiger partial charge in [0, 0.05) is 31.3 Å². The standard InChI is InChI=1S/C13H14N2O4/c1-9(16)19-12(13(2,3)15(17)18)11-6-4-5-10(7-11)8-14/h4-7,12H,1-3H3/t12-/m1/s1. The summed E-state index contributed by atoms with van der Waals surface area (Å²) in [5, 5.41) is 20.0. The molecule has 1 atom stereocenters. The van der Waals surface area contributed by atoms with Gasteiger partial charge < -0.3 is 4.74 Å². The second kappa shape index (κ2) is 5.48. The molecule has 0 unspecified atom stereocenters. The number of ether oxygens (including phenoxy) is 1. The molecule has 0 fully saturated rings. The van der Waals surface area contributed by atoms with Gasteiger partial charge in [0.15, 0.2) is 6.10 Å². The first kappa shape index (κ1) is 14.6.